The Balaban J connectivity index is 1.58. The van der Waals surface area contributed by atoms with E-state index < -0.39 is 0 Å². The molecule has 0 heterocycles. The smallest absolute Gasteiger partial charge is 0.0696 e. The van der Waals surface area contributed by atoms with Crippen molar-refractivity contribution in [2.75, 3.05) is 10.9 Å². The lowest BCUT2D eigenvalue weighted by molar-refractivity contribution is 1.45. The Morgan fingerprint density at radius 2 is 1.00 bits per heavy atom. The Morgan fingerprint density at radius 3 is 1.69 bits per heavy atom. The maximum absolute atomic E-state index is 3.46. The summed E-state index contributed by atoms with van der Waals surface area (Å²) in [6.07, 6.45) is 0. The molecule has 2 N–H and O–H groups in total. The molecule has 0 aromatic heterocycles. The van der Waals surface area contributed by atoms with Crippen molar-refractivity contribution in [1.82, 2.24) is 0 Å². The number of fused-ring (bicyclic) bond motifs is 3. The first-order valence-electron chi connectivity index (χ1n) is 8.80. The molecule has 26 heavy (non-hydrogen) atoms. The SMILES string of the molecule is c1ccc2cc(NNc3c4ccccc4cc4ccccc34)ccc2c1. The molecule has 0 bridgehead atoms. The number of nitrogens with one attached hydrogen (secondary N) is 2. The molecule has 0 atom stereocenters. The van der Waals surface area contributed by atoms with E-state index in [9.17, 15) is 0 Å². The molecule has 5 aromatic rings. The molecule has 0 spiro atoms. The zero-order valence-corrected chi connectivity index (χ0v) is 14.2. The van der Waals surface area contributed by atoms with E-state index >= 15 is 0 Å². The van der Waals surface area contributed by atoms with Crippen LogP contribution in [0.2, 0.25) is 0 Å². The largest absolute Gasteiger partial charge is 0.301 e. The van der Waals surface area contributed by atoms with Crippen LogP contribution in [0.4, 0.5) is 11.4 Å². The molecule has 5 rings (SSSR count). The Labute approximate surface area is 152 Å². The summed E-state index contributed by atoms with van der Waals surface area (Å²) in [5, 5.41) is 7.35. The average Bonchev–Trinajstić information content (AvgIpc) is 2.71. The summed E-state index contributed by atoms with van der Waals surface area (Å²) >= 11 is 0. The Kier molecular flexibility index (Phi) is 3.46. The van der Waals surface area contributed by atoms with Crippen molar-refractivity contribution in [3.05, 3.63) is 97.1 Å². The van der Waals surface area contributed by atoms with Crippen LogP contribution < -0.4 is 10.9 Å². The highest BCUT2D eigenvalue weighted by molar-refractivity contribution is 6.11. The fourth-order valence-corrected chi connectivity index (χ4v) is 3.55. The van der Waals surface area contributed by atoms with Gasteiger partial charge in [0, 0.05) is 10.8 Å². The van der Waals surface area contributed by atoms with E-state index in [2.05, 4.69) is 108 Å². The van der Waals surface area contributed by atoms with Crippen molar-refractivity contribution in [1.29, 1.82) is 0 Å². The van der Waals surface area contributed by atoms with Gasteiger partial charge in [0.25, 0.3) is 0 Å². The van der Waals surface area contributed by atoms with Crippen LogP contribution >= 0.6 is 0 Å². The third-order valence-electron chi connectivity index (χ3n) is 4.85. The van der Waals surface area contributed by atoms with Gasteiger partial charge >= 0.3 is 0 Å². The van der Waals surface area contributed by atoms with Crippen molar-refractivity contribution >= 4 is 43.7 Å². The summed E-state index contributed by atoms with van der Waals surface area (Å²) in [7, 11) is 0. The minimum absolute atomic E-state index is 1.04. The maximum Gasteiger partial charge on any atom is 0.0696 e. The van der Waals surface area contributed by atoms with E-state index in [4.69, 9.17) is 0 Å². The normalized spacial score (nSPS) is 11.1. The maximum atomic E-state index is 3.46. The van der Waals surface area contributed by atoms with Crippen LogP contribution in [-0.4, -0.2) is 0 Å². The second kappa shape index (κ2) is 6.08. The molecule has 0 saturated carbocycles. The quantitative estimate of drug-likeness (QED) is 0.287. The van der Waals surface area contributed by atoms with Gasteiger partial charge in [0.05, 0.1) is 11.4 Å². The first-order chi connectivity index (χ1) is 12.9. The van der Waals surface area contributed by atoms with Gasteiger partial charge in [0.1, 0.15) is 0 Å². The standard InChI is InChI=1S/C24H18N2/c1-2-8-18-16-21(14-13-17(18)7-1)25-26-24-22-11-5-3-9-19(22)15-20-10-4-6-12-23(20)24/h1-16,25-26H. The van der Waals surface area contributed by atoms with Crippen LogP contribution in [0.3, 0.4) is 0 Å². The van der Waals surface area contributed by atoms with Crippen molar-refractivity contribution in [3.63, 3.8) is 0 Å². The van der Waals surface area contributed by atoms with Gasteiger partial charge in [-0.1, -0.05) is 78.9 Å². The molecular formula is C24H18N2. The van der Waals surface area contributed by atoms with E-state index in [1.54, 1.807) is 0 Å². The molecule has 124 valence electrons. The van der Waals surface area contributed by atoms with E-state index in [1.165, 1.54) is 32.3 Å². The second-order valence-electron chi connectivity index (χ2n) is 6.51. The third kappa shape index (κ3) is 2.52. The molecule has 5 aromatic carbocycles. The second-order valence-corrected chi connectivity index (χ2v) is 6.51. The van der Waals surface area contributed by atoms with Crippen LogP contribution in [0, 0.1) is 0 Å². The van der Waals surface area contributed by atoms with Gasteiger partial charge in [-0.2, -0.15) is 0 Å². The summed E-state index contributed by atoms with van der Waals surface area (Å²) in [4.78, 5) is 0. The molecule has 0 fully saturated rings. The summed E-state index contributed by atoms with van der Waals surface area (Å²) in [6, 6.07) is 34.0. The zero-order chi connectivity index (χ0) is 17.3. The number of benzene rings is 5. The Morgan fingerprint density at radius 1 is 0.423 bits per heavy atom. The third-order valence-corrected chi connectivity index (χ3v) is 4.85. The lowest BCUT2D eigenvalue weighted by atomic mass is 10.0. The van der Waals surface area contributed by atoms with Gasteiger partial charge < -0.3 is 5.43 Å². The molecular weight excluding hydrogens is 316 g/mol. The van der Waals surface area contributed by atoms with Crippen molar-refractivity contribution < 1.29 is 0 Å². The van der Waals surface area contributed by atoms with Gasteiger partial charge in [0.15, 0.2) is 0 Å². The van der Waals surface area contributed by atoms with Crippen LogP contribution in [0.25, 0.3) is 32.3 Å². The van der Waals surface area contributed by atoms with Crippen LogP contribution in [0.5, 0.6) is 0 Å². The van der Waals surface area contributed by atoms with E-state index in [-0.39, 0.29) is 0 Å². The first-order valence-corrected chi connectivity index (χ1v) is 8.80. The fraction of sp³-hybridized carbons (Fsp3) is 0. The molecule has 0 aliphatic carbocycles. The van der Waals surface area contributed by atoms with Crippen LogP contribution in [0.1, 0.15) is 0 Å². The van der Waals surface area contributed by atoms with Gasteiger partial charge in [-0.15, -0.1) is 0 Å². The van der Waals surface area contributed by atoms with Crippen LogP contribution in [-0.2, 0) is 0 Å². The van der Waals surface area contributed by atoms with Crippen molar-refractivity contribution in [2.45, 2.75) is 0 Å². The highest BCUT2D eigenvalue weighted by Gasteiger charge is 2.07. The first kappa shape index (κ1) is 14.8. The van der Waals surface area contributed by atoms with E-state index in [1.807, 2.05) is 0 Å². The highest BCUT2D eigenvalue weighted by Crippen LogP contribution is 2.33. The number of rotatable bonds is 3. The molecule has 0 aliphatic heterocycles. The number of anilines is 2. The van der Waals surface area contributed by atoms with Crippen LogP contribution in [0.15, 0.2) is 97.1 Å². The van der Waals surface area contributed by atoms with Gasteiger partial charge in [0.2, 0.25) is 0 Å². The molecule has 2 heteroatoms. The Bertz CT molecular complexity index is 1190. The predicted octanol–water partition coefficient (Wildman–Crippen LogP) is 6.59. The predicted molar refractivity (Wildman–Crippen MR) is 113 cm³/mol. The average molecular weight is 334 g/mol. The lowest BCUT2D eigenvalue weighted by Crippen LogP contribution is -2.09. The number of hydrazine groups is 1. The van der Waals surface area contributed by atoms with Crippen molar-refractivity contribution in [3.8, 4) is 0 Å². The summed E-state index contributed by atoms with van der Waals surface area (Å²) in [6.45, 7) is 0. The minimum atomic E-state index is 1.04. The summed E-state index contributed by atoms with van der Waals surface area (Å²) in [5.41, 5.74) is 8.99. The molecule has 2 nitrogen and oxygen atoms in total. The monoisotopic (exact) mass is 334 g/mol. The fourth-order valence-electron chi connectivity index (χ4n) is 3.55. The Hall–Kier alpha value is -3.52. The lowest BCUT2D eigenvalue weighted by Gasteiger charge is -2.16. The number of hydrogen-bond donors (Lipinski definition) is 2. The molecule has 0 unspecified atom stereocenters. The minimum Gasteiger partial charge on any atom is -0.301 e. The van der Waals surface area contributed by atoms with Crippen molar-refractivity contribution in [2.24, 2.45) is 0 Å². The molecule has 0 radical (unpaired) electrons. The topological polar surface area (TPSA) is 24.1 Å². The van der Waals surface area contributed by atoms with Gasteiger partial charge in [-0.25, -0.2) is 0 Å². The highest BCUT2D eigenvalue weighted by atomic mass is 15.4. The van der Waals surface area contributed by atoms with E-state index in [0.717, 1.165) is 11.4 Å². The van der Waals surface area contributed by atoms with Gasteiger partial charge in [-0.05, 0) is 39.7 Å². The van der Waals surface area contributed by atoms with Gasteiger partial charge in [-0.3, -0.25) is 5.43 Å². The zero-order valence-electron chi connectivity index (χ0n) is 14.2. The molecule has 0 saturated heterocycles. The molecule has 0 aliphatic rings. The van der Waals surface area contributed by atoms with E-state index in [0.29, 0.717) is 0 Å². The summed E-state index contributed by atoms with van der Waals surface area (Å²) < 4.78 is 0. The number of hydrogen-bond acceptors (Lipinski definition) is 2. The summed E-state index contributed by atoms with van der Waals surface area (Å²) in [5.74, 6) is 0. The molecule has 0 amide bonds.